The monoisotopic (exact) mass is 359 g/mol. The van der Waals surface area contributed by atoms with E-state index in [2.05, 4.69) is 4.90 Å². The summed E-state index contributed by atoms with van der Waals surface area (Å²) in [7, 11) is 3.60. The molecule has 1 unspecified atom stereocenters. The number of rotatable bonds is 7. The molecule has 0 amide bonds. The van der Waals surface area contributed by atoms with E-state index in [0.29, 0.717) is 17.3 Å². The number of fused-ring (bicyclic) bond motifs is 1. The molecule has 0 fully saturated rings. The second-order valence-electron chi connectivity index (χ2n) is 6.18. The van der Waals surface area contributed by atoms with Crippen molar-refractivity contribution in [3.63, 3.8) is 0 Å². The maximum atomic E-state index is 10.6. The molecule has 3 rings (SSSR count). The Morgan fingerprint density at radius 3 is 2.84 bits per heavy atom. The zero-order valence-electron chi connectivity index (χ0n) is 14.4. The van der Waals surface area contributed by atoms with Crippen LogP contribution in [-0.4, -0.2) is 37.3 Å². The Morgan fingerprint density at radius 2 is 2.08 bits per heavy atom. The van der Waals surface area contributed by atoms with Crippen LogP contribution in [0.4, 0.5) is 0 Å². The number of furan rings is 1. The zero-order chi connectivity index (χ0) is 17.8. The van der Waals surface area contributed by atoms with Crippen LogP contribution in [0.1, 0.15) is 17.2 Å². The molecule has 0 saturated heterocycles. The molecule has 5 heteroatoms. The fraction of sp³-hybridized carbons (Fsp3) is 0.300. The van der Waals surface area contributed by atoms with Crippen LogP contribution in [0, 0.1) is 0 Å². The van der Waals surface area contributed by atoms with Gasteiger partial charge in [0.15, 0.2) is 0 Å². The summed E-state index contributed by atoms with van der Waals surface area (Å²) < 4.78 is 10.7. The number of aliphatic hydroxyl groups is 1. The average Bonchev–Trinajstić information content (AvgIpc) is 3.08. The summed E-state index contributed by atoms with van der Waals surface area (Å²) >= 11 is 6.16. The van der Waals surface area contributed by atoms with Crippen LogP contribution in [0.2, 0.25) is 5.02 Å². The molecule has 4 nitrogen and oxygen atoms in total. The minimum atomic E-state index is -0.598. The average molecular weight is 360 g/mol. The molecule has 0 aliphatic heterocycles. The number of ether oxygens (including phenoxy) is 1. The van der Waals surface area contributed by atoms with Crippen molar-refractivity contribution in [1.82, 2.24) is 4.90 Å². The van der Waals surface area contributed by atoms with Crippen LogP contribution in [0.25, 0.3) is 11.0 Å². The number of hydrogen-bond acceptors (Lipinski definition) is 4. The Bertz CT molecular complexity index is 846. The van der Waals surface area contributed by atoms with Gasteiger partial charge in [-0.1, -0.05) is 35.9 Å². The summed E-state index contributed by atoms with van der Waals surface area (Å²) in [5, 5.41) is 12.2. The van der Waals surface area contributed by atoms with E-state index in [-0.39, 0.29) is 0 Å². The van der Waals surface area contributed by atoms with Gasteiger partial charge >= 0.3 is 0 Å². The largest absolute Gasteiger partial charge is 0.495 e. The first-order valence-electron chi connectivity index (χ1n) is 8.23. The Hall–Kier alpha value is -2.01. The van der Waals surface area contributed by atoms with Crippen LogP contribution in [-0.2, 0) is 6.42 Å². The van der Waals surface area contributed by atoms with E-state index >= 15 is 0 Å². The van der Waals surface area contributed by atoms with Gasteiger partial charge in [-0.25, -0.2) is 0 Å². The number of benzene rings is 2. The van der Waals surface area contributed by atoms with Crippen LogP contribution < -0.4 is 4.74 Å². The lowest BCUT2D eigenvalue weighted by molar-refractivity contribution is 0.128. The van der Waals surface area contributed by atoms with E-state index in [0.717, 1.165) is 35.1 Å². The molecule has 0 aliphatic rings. The molecule has 1 atom stereocenters. The van der Waals surface area contributed by atoms with Crippen molar-refractivity contribution >= 4 is 22.6 Å². The first-order valence-corrected chi connectivity index (χ1v) is 8.61. The smallest absolute Gasteiger partial charge is 0.139 e. The van der Waals surface area contributed by atoms with Gasteiger partial charge in [-0.15, -0.1) is 0 Å². The van der Waals surface area contributed by atoms with Gasteiger partial charge in [0.2, 0.25) is 0 Å². The highest BCUT2D eigenvalue weighted by molar-refractivity contribution is 6.32. The fourth-order valence-electron chi connectivity index (χ4n) is 2.95. The summed E-state index contributed by atoms with van der Waals surface area (Å²) in [4.78, 5) is 2.10. The number of hydrogen-bond donors (Lipinski definition) is 1. The summed E-state index contributed by atoms with van der Waals surface area (Å²) in [5.41, 5.74) is 2.72. The number of halogens is 1. The third kappa shape index (κ3) is 4.15. The normalized spacial score (nSPS) is 12.7. The first kappa shape index (κ1) is 17.8. The van der Waals surface area contributed by atoms with Crippen LogP contribution in [0.5, 0.6) is 5.75 Å². The quantitative estimate of drug-likeness (QED) is 0.683. The molecular formula is C20H22ClNO3. The van der Waals surface area contributed by atoms with Gasteiger partial charge in [-0.05, 0) is 37.2 Å². The van der Waals surface area contributed by atoms with Gasteiger partial charge < -0.3 is 19.2 Å². The molecule has 3 aromatic rings. The lowest BCUT2D eigenvalue weighted by Crippen LogP contribution is -2.26. The van der Waals surface area contributed by atoms with Crippen molar-refractivity contribution in [3.8, 4) is 5.75 Å². The van der Waals surface area contributed by atoms with Crippen molar-refractivity contribution in [2.45, 2.75) is 12.5 Å². The predicted molar refractivity (Wildman–Crippen MR) is 100 cm³/mol. The van der Waals surface area contributed by atoms with Gasteiger partial charge in [0.05, 0.1) is 24.5 Å². The van der Waals surface area contributed by atoms with Gasteiger partial charge in [0.1, 0.15) is 11.3 Å². The second-order valence-corrected chi connectivity index (χ2v) is 6.59. The number of likely N-dealkylation sites (N-methyl/N-ethyl adjacent to an activating group) is 1. The lowest BCUT2D eigenvalue weighted by Gasteiger charge is -2.21. The Morgan fingerprint density at radius 1 is 1.24 bits per heavy atom. The maximum absolute atomic E-state index is 10.6. The van der Waals surface area contributed by atoms with Crippen molar-refractivity contribution < 1.29 is 14.3 Å². The number of methoxy groups -OCH3 is 1. The molecule has 0 bridgehead atoms. The van der Waals surface area contributed by atoms with E-state index in [1.54, 1.807) is 13.4 Å². The van der Waals surface area contributed by atoms with Gasteiger partial charge in [0, 0.05) is 24.0 Å². The third-order valence-corrected chi connectivity index (χ3v) is 4.65. The highest BCUT2D eigenvalue weighted by atomic mass is 35.5. The minimum absolute atomic E-state index is 0.531. The number of nitrogens with zero attached hydrogens (tertiary/aromatic N) is 1. The van der Waals surface area contributed by atoms with Gasteiger partial charge in [0.25, 0.3) is 0 Å². The predicted octanol–water partition coefficient (Wildman–Crippen LogP) is 4.30. The van der Waals surface area contributed by atoms with E-state index in [1.165, 1.54) is 0 Å². The molecule has 0 saturated carbocycles. The molecule has 2 aromatic carbocycles. The van der Waals surface area contributed by atoms with Crippen LogP contribution in [0.15, 0.2) is 53.1 Å². The van der Waals surface area contributed by atoms with Gasteiger partial charge in [-0.3, -0.25) is 0 Å². The zero-order valence-corrected chi connectivity index (χ0v) is 15.2. The highest BCUT2D eigenvalue weighted by Crippen LogP contribution is 2.27. The summed E-state index contributed by atoms with van der Waals surface area (Å²) in [5.74, 6) is 0.681. The van der Waals surface area contributed by atoms with Crippen molar-refractivity contribution in [2.75, 3.05) is 27.2 Å². The summed E-state index contributed by atoms with van der Waals surface area (Å²) in [6.07, 6.45) is 1.90. The van der Waals surface area contributed by atoms with Crippen molar-refractivity contribution in [3.05, 3.63) is 64.9 Å². The number of para-hydroxylation sites is 1. The second kappa shape index (κ2) is 7.91. The maximum Gasteiger partial charge on any atom is 0.139 e. The minimum Gasteiger partial charge on any atom is -0.495 e. The SMILES string of the molecule is COc1ccc(CCN(C)CC(O)c2cccc3ccoc23)cc1Cl. The molecule has 0 aliphatic carbocycles. The summed E-state index contributed by atoms with van der Waals surface area (Å²) in [6.45, 7) is 1.34. The molecular weight excluding hydrogens is 338 g/mol. The third-order valence-electron chi connectivity index (χ3n) is 4.35. The van der Waals surface area contributed by atoms with E-state index in [9.17, 15) is 5.11 Å². The van der Waals surface area contributed by atoms with E-state index < -0.39 is 6.10 Å². The van der Waals surface area contributed by atoms with Gasteiger partial charge in [-0.2, -0.15) is 0 Å². The molecule has 25 heavy (non-hydrogen) atoms. The van der Waals surface area contributed by atoms with Crippen molar-refractivity contribution in [1.29, 1.82) is 0 Å². The lowest BCUT2D eigenvalue weighted by atomic mass is 10.1. The Balaban J connectivity index is 1.59. The Labute approximate surface area is 152 Å². The molecule has 1 heterocycles. The standard InChI is InChI=1S/C20H22ClNO3/c1-22(10-8-14-6-7-19(24-2)17(21)12-14)13-18(23)16-5-3-4-15-9-11-25-20(15)16/h3-7,9,11-12,18,23H,8,10,13H2,1-2H3. The molecule has 0 spiro atoms. The molecule has 0 radical (unpaired) electrons. The molecule has 1 N–H and O–H groups in total. The topological polar surface area (TPSA) is 45.8 Å². The van der Waals surface area contributed by atoms with Crippen LogP contribution in [0.3, 0.4) is 0 Å². The number of aliphatic hydroxyl groups excluding tert-OH is 1. The first-order chi connectivity index (χ1) is 12.1. The van der Waals surface area contributed by atoms with Crippen molar-refractivity contribution in [2.24, 2.45) is 0 Å². The van der Waals surface area contributed by atoms with Crippen LogP contribution >= 0.6 is 11.6 Å². The fourth-order valence-corrected chi connectivity index (χ4v) is 3.23. The Kier molecular flexibility index (Phi) is 5.63. The highest BCUT2D eigenvalue weighted by Gasteiger charge is 2.15. The molecule has 1 aromatic heterocycles. The van der Waals surface area contributed by atoms with E-state index in [1.807, 2.05) is 49.5 Å². The summed E-state index contributed by atoms with van der Waals surface area (Å²) in [6, 6.07) is 13.6. The molecule has 132 valence electrons. The van der Waals surface area contributed by atoms with E-state index in [4.69, 9.17) is 20.8 Å².